The molecular weight excluding hydrogens is 278 g/mol. The van der Waals surface area contributed by atoms with E-state index in [0.717, 1.165) is 44.1 Å². The number of imidazole rings is 1. The molecule has 1 atom stereocenters. The average Bonchev–Trinajstić information content (AvgIpc) is 2.96. The van der Waals surface area contributed by atoms with Crippen LogP contribution in [0.5, 0.6) is 0 Å². The number of rotatable bonds is 4. The van der Waals surface area contributed by atoms with E-state index in [-0.39, 0.29) is 11.8 Å². The van der Waals surface area contributed by atoms with Crippen LogP contribution in [0.2, 0.25) is 0 Å². The maximum Gasteiger partial charge on any atom is 0.226 e. The van der Waals surface area contributed by atoms with Gasteiger partial charge in [0.15, 0.2) is 0 Å². The summed E-state index contributed by atoms with van der Waals surface area (Å²) >= 11 is 0. The van der Waals surface area contributed by atoms with E-state index < -0.39 is 0 Å². The van der Waals surface area contributed by atoms with Gasteiger partial charge in [0.2, 0.25) is 5.91 Å². The van der Waals surface area contributed by atoms with Gasteiger partial charge in [-0.3, -0.25) is 9.69 Å². The Labute approximate surface area is 130 Å². The molecule has 0 aliphatic carbocycles. The Kier molecular flexibility index (Phi) is 4.40. The van der Waals surface area contributed by atoms with E-state index in [1.807, 2.05) is 40.6 Å². The largest absolute Gasteiger partial charge is 0.340 e. The topological polar surface area (TPSA) is 66.9 Å². The van der Waals surface area contributed by atoms with Crippen LogP contribution in [-0.4, -0.2) is 57.8 Å². The lowest BCUT2D eigenvalue weighted by Crippen LogP contribution is -2.50. The number of pyridine rings is 1. The third kappa shape index (κ3) is 3.13. The van der Waals surface area contributed by atoms with E-state index in [1.54, 1.807) is 0 Å². The van der Waals surface area contributed by atoms with E-state index in [2.05, 4.69) is 16.1 Å². The Hall–Kier alpha value is -1.92. The Balaban J connectivity index is 1.56. The molecule has 0 bridgehead atoms. The lowest BCUT2D eigenvalue weighted by atomic mass is 10.1. The van der Waals surface area contributed by atoms with Crippen molar-refractivity contribution in [3.05, 3.63) is 36.3 Å². The standard InChI is InChI=1S/C16H23N5O/c1-13(10-17)16(22)20-8-6-19(7-9-20)11-14-12-21-5-3-2-4-15(21)18-14/h2-5,12-13H,6-11,17H2,1H3. The average molecular weight is 301 g/mol. The molecule has 118 valence electrons. The maximum atomic E-state index is 12.1. The number of carbonyl (C=O) groups excluding carboxylic acids is 1. The van der Waals surface area contributed by atoms with Gasteiger partial charge in [-0.25, -0.2) is 4.98 Å². The number of fused-ring (bicyclic) bond motifs is 1. The third-order valence-electron chi connectivity index (χ3n) is 4.26. The van der Waals surface area contributed by atoms with Crippen LogP contribution < -0.4 is 5.73 Å². The van der Waals surface area contributed by atoms with E-state index in [1.165, 1.54) is 0 Å². The minimum absolute atomic E-state index is 0.0787. The molecule has 1 aliphatic heterocycles. The second-order valence-electron chi connectivity index (χ2n) is 5.94. The first-order chi connectivity index (χ1) is 10.7. The molecule has 0 spiro atoms. The maximum absolute atomic E-state index is 12.1. The smallest absolute Gasteiger partial charge is 0.226 e. The molecule has 2 aromatic heterocycles. The van der Waals surface area contributed by atoms with Gasteiger partial charge >= 0.3 is 0 Å². The molecule has 0 saturated carbocycles. The first kappa shape index (κ1) is 15.0. The summed E-state index contributed by atoms with van der Waals surface area (Å²) in [5, 5.41) is 0. The molecule has 1 aliphatic rings. The molecule has 1 amide bonds. The summed E-state index contributed by atoms with van der Waals surface area (Å²) in [6.45, 7) is 6.46. The molecule has 2 aromatic rings. The molecule has 6 heteroatoms. The normalized spacial score (nSPS) is 17.8. The van der Waals surface area contributed by atoms with Crippen LogP contribution in [0.1, 0.15) is 12.6 Å². The van der Waals surface area contributed by atoms with Crippen LogP contribution in [0.15, 0.2) is 30.6 Å². The fourth-order valence-corrected chi connectivity index (χ4v) is 2.83. The number of hydrogen-bond donors (Lipinski definition) is 1. The van der Waals surface area contributed by atoms with Crippen molar-refractivity contribution in [1.29, 1.82) is 0 Å². The Morgan fingerprint density at radius 3 is 2.77 bits per heavy atom. The SMILES string of the molecule is CC(CN)C(=O)N1CCN(Cc2cn3ccccc3n2)CC1. The van der Waals surface area contributed by atoms with Crippen LogP contribution in [0, 0.1) is 5.92 Å². The minimum Gasteiger partial charge on any atom is -0.340 e. The summed E-state index contributed by atoms with van der Waals surface area (Å²) in [5.41, 5.74) is 7.62. The fourth-order valence-electron chi connectivity index (χ4n) is 2.83. The van der Waals surface area contributed by atoms with Crippen LogP contribution in [0.25, 0.3) is 5.65 Å². The van der Waals surface area contributed by atoms with Crippen molar-refractivity contribution < 1.29 is 4.79 Å². The van der Waals surface area contributed by atoms with Crippen molar-refractivity contribution in [1.82, 2.24) is 19.2 Å². The van der Waals surface area contributed by atoms with E-state index in [4.69, 9.17) is 5.73 Å². The Morgan fingerprint density at radius 2 is 2.09 bits per heavy atom. The number of amides is 1. The van der Waals surface area contributed by atoms with Gasteiger partial charge < -0.3 is 15.0 Å². The first-order valence-corrected chi connectivity index (χ1v) is 7.81. The zero-order valence-corrected chi connectivity index (χ0v) is 13.0. The Morgan fingerprint density at radius 1 is 1.32 bits per heavy atom. The predicted molar refractivity (Wildman–Crippen MR) is 85.3 cm³/mol. The van der Waals surface area contributed by atoms with Crippen LogP contribution in [0.4, 0.5) is 0 Å². The van der Waals surface area contributed by atoms with Crippen molar-refractivity contribution in [2.45, 2.75) is 13.5 Å². The van der Waals surface area contributed by atoms with Crippen LogP contribution in [0.3, 0.4) is 0 Å². The second-order valence-corrected chi connectivity index (χ2v) is 5.94. The molecule has 3 heterocycles. The molecule has 1 saturated heterocycles. The third-order valence-corrected chi connectivity index (χ3v) is 4.26. The fraction of sp³-hybridized carbons (Fsp3) is 0.500. The predicted octanol–water partition coefficient (Wildman–Crippen LogP) is 0.573. The summed E-state index contributed by atoms with van der Waals surface area (Å²) in [6, 6.07) is 6.00. The van der Waals surface area contributed by atoms with Crippen molar-refractivity contribution >= 4 is 11.6 Å². The van der Waals surface area contributed by atoms with Gasteiger partial charge in [0, 0.05) is 57.6 Å². The van der Waals surface area contributed by atoms with Gasteiger partial charge in [0.1, 0.15) is 5.65 Å². The lowest BCUT2D eigenvalue weighted by Gasteiger charge is -2.35. The highest BCUT2D eigenvalue weighted by Gasteiger charge is 2.24. The minimum atomic E-state index is -0.0787. The highest BCUT2D eigenvalue weighted by Crippen LogP contribution is 2.11. The highest BCUT2D eigenvalue weighted by atomic mass is 16.2. The monoisotopic (exact) mass is 301 g/mol. The summed E-state index contributed by atoms with van der Waals surface area (Å²) < 4.78 is 2.04. The van der Waals surface area contributed by atoms with Crippen molar-refractivity contribution in [2.75, 3.05) is 32.7 Å². The quantitative estimate of drug-likeness (QED) is 0.897. The van der Waals surface area contributed by atoms with Gasteiger partial charge in [-0.2, -0.15) is 0 Å². The highest BCUT2D eigenvalue weighted by molar-refractivity contribution is 5.78. The van der Waals surface area contributed by atoms with Gasteiger partial charge in [0.05, 0.1) is 5.69 Å². The van der Waals surface area contributed by atoms with Gasteiger partial charge in [0.25, 0.3) is 0 Å². The number of hydrogen-bond acceptors (Lipinski definition) is 4. The molecule has 1 unspecified atom stereocenters. The molecule has 0 aromatic carbocycles. The molecule has 0 radical (unpaired) electrons. The summed E-state index contributed by atoms with van der Waals surface area (Å²) in [5.74, 6) is 0.0971. The van der Waals surface area contributed by atoms with E-state index >= 15 is 0 Å². The summed E-state index contributed by atoms with van der Waals surface area (Å²) in [7, 11) is 0. The Bertz CT molecular complexity index is 612. The van der Waals surface area contributed by atoms with Gasteiger partial charge in [-0.05, 0) is 12.1 Å². The van der Waals surface area contributed by atoms with Crippen LogP contribution >= 0.6 is 0 Å². The van der Waals surface area contributed by atoms with Gasteiger partial charge in [-0.15, -0.1) is 0 Å². The zero-order valence-electron chi connectivity index (χ0n) is 13.0. The van der Waals surface area contributed by atoms with Crippen molar-refractivity contribution in [3.8, 4) is 0 Å². The summed E-state index contributed by atoms with van der Waals surface area (Å²) in [6.07, 6.45) is 4.08. The van der Waals surface area contributed by atoms with E-state index in [9.17, 15) is 4.79 Å². The lowest BCUT2D eigenvalue weighted by molar-refractivity contribution is -0.136. The molecule has 3 rings (SSSR count). The molecule has 6 nitrogen and oxygen atoms in total. The first-order valence-electron chi connectivity index (χ1n) is 7.81. The molecule has 2 N–H and O–H groups in total. The second kappa shape index (κ2) is 6.46. The molecular formula is C16H23N5O. The van der Waals surface area contributed by atoms with Crippen molar-refractivity contribution in [3.63, 3.8) is 0 Å². The van der Waals surface area contributed by atoms with Gasteiger partial charge in [-0.1, -0.05) is 13.0 Å². The summed E-state index contributed by atoms with van der Waals surface area (Å²) in [4.78, 5) is 21.0. The van der Waals surface area contributed by atoms with Crippen molar-refractivity contribution in [2.24, 2.45) is 11.7 Å². The number of aromatic nitrogens is 2. The number of piperazine rings is 1. The number of nitrogens with zero attached hydrogens (tertiary/aromatic N) is 4. The van der Waals surface area contributed by atoms with E-state index in [0.29, 0.717) is 6.54 Å². The number of nitrogens with two attached hydrogens (primary N) is 1. The zero-order chi connectivity index (χ0) is 15.5. The molecule has 1 fully saturated rings. The molecule has 22 heavy (non-hydrogen) atoms. The number of carbonyl (C=O) groups is 1. The van der Waals surface area contributed by atoms with Crippen LogP contribution in [-0.2, 0) is 11.3 Å².